The Morgan fingerprint density at radius 2 is 2.00 bits per heavy atom. The third-order valence-corrected chi connectivity index (χ3v) is 3.25. The number of thioether (sulfide) groups is 1. The lowest BCUT2D eigenvalue weighted by Crippen LogP contribution is -2.36. The number of carbonyl (C=O) groups excluding carboxylic acids is 1. The van der Waals surface area contributed by atoms with Crippen LogP contribution in [0.3, 0.4) is 0 Å². The van der Waals surface area contributed by atoms with E-state index in [1.54, 1.807) is 0 Å². The highest BCUT2D eigenvalue weighted by atomic mass is 32.2. The number of hydrogen-bond donors (Lipinski definition) is 1. The summed E-state index contributed by atoms with van der Waals surface area (Å²) in [5.74, 6) is 1.31. The second kappa shape index (κ2) is 7.99. The Kier molecular flexibility index (Phi) is 7.88. The largest absolute Gasteiger partial charge is 0.343 e. The predicted octanol–water partition coefficient (Wildman–Crippen LogP) is 1.71. The normalized spacial score (nSPS) is 14.7. The van der Waals surface area contributed by atoms with Gasteiger partial charge in [-0.2, -0.15) is 11.8 Å². The first-order chi connectivity index (χ1) is 6.99. The standard InChI is InChI=1S/C11H24N2OS/c1-9(12)5-6-11(14)13(3)10(2)7-8-15-4/h9-10H,5-8,12H2,1-4H3. The van der Waals surface area contributed by atoms with Gasteiger partial charge in [0.2, 0.25) is 5.91 Å². The summed E-state index contributed by atoms with van der Waals surface area (Å²) in [6.07, 6.45) is 4.49. The van der Waals surface area contributed by atoms with Crippen LogP contribution in [0, 0.1) is 0 Å². The third-order valence-electron chi connectivity index (χ3n) is 2.61. The molecule has 1 amide bonds. The van der Waals surface area contributed by atoms with Crippen LogP contribution in [0.15, 0.2) is 0 Å². The lowest BCUT2D eigenvalue weighted by atomic mass is 10.1. The van der Waals surface area contributed by atoms with Crippen LogP contribution in [0.1, 0.15) is 33.1 Å². The molecule has 0 aromatic heterocycles. The van der Waals surface area contributed by atoms with E-state index in [9.17, 15) is 4.79 Å². The average Bonchev–Trinajstić information content (AvgIpc) is 2.21. The molecule has 0 aliphatic rings. The monoisotopic (exact) mass is 232 g/mol. The molecule has 0 aliphatic carbocycles. The molecule has 90 valence electrons. The Morgan fingerprint density at radius 1 is 1.40 bits per heavy atom. The molecule has 3 nitrogen and oxygen atoms in total. The van der Waals surface area contributed by atoms with Gasteiger partial charge in [-0.15, -0.1) is 0 Å². The molecular weight excluding hydrogens is 208 g/mol. The molecule has 0 rings (SSSR count). The van der Waals surface area contributed by atoms with Crippen molar-refractivity contribution in [3.8, 4) is 0 Å². The fourth-order valence-electron chi connectivity index (χ4n) is 1.26. The van der Waals surface area contributed by atoms with Crippen LogP contribution in [-0.2, 0) is 4.79 Å². The molecule has 0 radical (unpaired) electrons. The van der Waals surface area contributed by atoms with Crippen molar-refractivity contribution in [3.05, 3.63) is 0 Å². The van der Waals surface area contributed by atoms with Crippen LogP contribution in [0.25, 0.3) is 0 Å². The van der Waals surface area contributed by atoms with E-state index in [1.807, 2.05) is 30.6 Å². The minimum Gasteiger partial charge on any atom is -0.343 e. The second-order valence-electron chi connectivity index (χ2n) is 4.15. The number of carbonyl (C=O) groups is 1. The zero-order chi connectivity index (χ0) is 11.8. The maximum absolute atomic E-state index is 11.7. The van der Waals surface area contributed by atoms with Crippen LogP contribution in [-0.4, -0.2) is 41.9 Å². The summed E-state index contributed by atoms with van der Waals surface area (Å²) in [7, 11) is 1.88. The Labute approximate surface area is 97.8 Å². The van der Waals surface area contributed by atoms with Gasteiger partial charge in [-0.25, -0.2) is 0 Å². The lowest BCUT2D eigenvalue weighted by molar-refractivity contribution is -0.131. The molecule has 0 aromatic carbocycles. The Morgan fingerprint density at radius 3 is 2.47 bits per heavy atom. The van der Waals surface area contributed by atoms with Crippen LogP contribution < -0.4 is 5.73 Å². The average molecular weight is 232 g/mol. The van der Waals surface area contributed by atoms with Gasteiger partial charge in [0.15, 0.2) is 0 Å². The molecule has 0 bridgehead atoms. The molecule has 15 heavy (non-hydrogen) atoms. The van der Waals surface area contributed by atoms with E-state index >= 15 is 0 Å². The van der Waals surface area contributed by atoms with Gasteiger partial charge in [-0.1, -0.05) is 0 Å². The zero-order valence-electron chi connectivity index (χ0n) is 10.3. The SMILES string of the molecule is CSCCC(C)N(C)C(=O)CCC(C)N. The number of nitrogens with zero attached hydrogens (tertiary/aromatic N) is 1. The summed E-state index contributed by atoms with van der Waals surface area (Å²) >= 11 is 1.82. The summed E-state index contributed by atoms with van der Waals surface area (Å²) in [5, 5.41) is 0. The van der Waals surface area contributed by atoms with Gasteiger partial charge >= 0.3 is 0 Å². The molecule has 0 fully saturated rings. The van der Waals surface area contributed by atoms with E-state index in [1.165, 1.54) is 0 Å². The van der Waals surface area contributed by atoms with Gasteiger partial charge in [-0.05, 0) is 38.7 Å². The van der Waals surface area contributed by atoms with Gasteiger partial charge in [0.1, 0.15) is 0 Å². The highest BCUT2D eigenvalue weighted by Gasteiger charge is 2.15. The minimum atomic E-state index is 0.115. The Hall–Kier alpha value is -0.220. The first kappa shape index (κ1) is 14.8. The summed E-state index contributed by atoms with van der Waals surface area (Å²) < 4.78 is 0. The Bertz CT molecular complexity index is 185. The number of nitrogens with two attached hydrogens (primary N) is 1. The zero-order valence-corrected chi connectivity index (χ0v) is 11.1. The summed E-state index contributed by atoms with van der Waals surface area (Å²) in [6, 6.07) is 0.446. The van der Waals surface area contributed by atoms with Crippen molar-refractivity contribution >= 4 is 17.7 Å². The van der Waals surface area contributed by atoms with Crippen molar-refractivity contribution in [1.82, 2.24) is 4.90 Å². The molecule has 4 heteroatoms. The topological polar surface area (TPSA) is 46.3 Å². The van der Waals surface area contributed by atoms with Crippen molar-refractivity contribution in [3.63, 3.8) is 0 Å². The van der Waals surface area contributed by atoms with Crippen molar-refractivity contribution in [1.29, 1.82) is 0 Å². The van der Waals surface area contributed by atoms with Crippen LogP contribution >= 0.6 is 11.8 Å². The fourth-order valence-corrected chi connectivity index (χ4v) is 1.83. The highest BCUT2D eigenvalue weighted by molar-refractivity contribution is 7.98. The minimum absolute atomic E-state index is 0.115. The van der Waals surface area contributed by atoms with E-state index < -0.39 is 0 Å². The first-order valence-corrected chi connectivity index (χ1v) is 6.88. The van der Waals surface area contributed by atoms with Crippen LogP contribution in [0.4, 0.5) is 0 Å². The molecule has 2 N–H and O–H groups in total. The summed E-state index contributed by atoms with van der Waals surface area (Å²) in [5.41, 5.74) is 5.62. The molecule has 0 aromatic rings. The Balaban J connectivity index is 3.85. The van der Waals surface area contributed by atoms with Crippen LogP contribution in [0.2, 0.25) is 0 Å². The van der Waals surface area contributed by atoms with Crippen molar-refractivity contribution < 1.29 is 4.79 Å². The van der Waals surface area contributed by atoms with E-state index in [0.29, 0.717) is 12.5 Å². The molecule has 0 saturated carbocycles. The highest BCUT2D eigenvalue weighted by Crippen LogP contribution is 2.08. The van der Waals surface area contributed by atoms with Gasteiger partial charge in [-0.3, -0.25) is 4.79 Å². The molecule has 2 atom stereocenters. The lowest BCUT2D eigenvalue weighted by Gasteiger charge is -2.25. The van der Waals surface area contributed by atoms with E-state index in [0.717, 1.165) is 18.6 Å². The quantitative estimate of drug-likeness (QED) is 0.727. The van der Waals surface area contributed by atoms with Crippen molar-refractivity contribution in [2.45, 2.75) is 45.2 Å². The first-order valence-electron chi connectivity index (χ1n) is 5.49. The van der Waals surface area contributed by atoms with Gasteiger partial charge in [0, 0.05) is 25.6 Å². The third kappa shape index (κ3) is 6.79. The fraction of sp³-hybridized carbons (Fsp3) is 0.909. The number of hydrogen-bond acceptors (Lipinski definition) is 3. The smallest absolute Gasteiger partial charge is 0.222 e. The number of rotatable bonds is 7. The van der Waals surface area contributed by atoms with Crippen molar-refractivity contribution in [2.24, 2.45) is 5.73 Å². The van der Waals surface area contributed by atoms with E-state index in [-0.39, 0.29) is 11.9 Å². The maximum atomic E-state index is 11.7. The summed E-state index contributed by atoms with van der Waals surface area (Å²) in [6.45, 7) is 4.03. The molecule has 0 heterocycles. The molecule has 0 aliphatic heterocycles. The molecule has 0 spiro atoms. The van der Waals surface area contributed by atoms with Crippen molar-refractivity contribution in [2.75, 3.05) is 19.1 Å². The summed E-state index contributed by atoms with van der Waals surface area (Å²) in [4.78, 5) is 13.6. The van der Waals surface area contributed by atoms with Gasteiger partial charge < -0.3 is 10.6 Å². The molecule has 2 unspecified atom stereocenters. The van der Waals surface area contributed by atoms with Gasteiger partial charge in [0.25, 0.3) is 0 Å². The van der Waals surface area contributed by atoms with Crippen LogP contribution in [0.5, 0.6) is 0 Å². The molecular formula is C11H24N2OS. The molecule has 0 saturated heterocycles. The van der Waals surface area contributed by atoms with E-state index in [2.05, 4.69) is 13.2 Å². The second-order valence-corrected chi connectivity index (χ2v) is 5.14. The van der Waals surface area contributed by atoms with Gasteiger partial charge in [0.05, 0.1) is 0 Å². The maximum Gasteiger partial charge on any atom is 0.222 e. The predicted molar refractivity (Wildman–Crippen MR) is 68.1 cm³/mol. The van der Waals surface area contributed by atoms with E-state index in [4.69, 9.17) is 5.73 Å². The number of amides is 1.